The Morgan fingerprint density at radius 1 is 0.839 bits per heavy atom. The normalized spacial score (nSPS) is 10.9. The van der Waals surface area contributed by atoms with E-state index in [1.54, 1.807) is 6.92 Å². The Bertz CT molecular complexity index is 1220. The smallest absolute Gasteiger partial charge is 0.345 e. The van der Waals surface area contributed by atoms with Crippen molar-refractivity contribution in [3.8, 4) is 5.75 Å². The van der Waals surface area contributed by atoms with Crippen LogP contribution < -0.4 is 10.1 Å². The molecule has 0 bridgehead atoms. The SMILES string of the molecule is Cc1ccc(Nc2c(C(=O)Oc3cc(F)c(F)c(F)c3F)cc(Br)c(F)c2F)c(F)c1. The number of carbonyl (C=O) groups is 1. The van der Waals surface area contributed by atoms with Crippen LogP contribution >= 0.6 is 15.9 Å². The molecule has 0 fully saturated rings. The summed E-state index contributed by atoms with van der Waals surface area (Å²) in [6.07, 6.45) is 0. The highest BCUT2D eigenvalue weighted by molar-refractivity contribution is 9.10. The van der Waals surface area contributed by atoms with E-state index in [2.05, 4.69) is 26.0 Å². The number of carbonyl (C=O) groups excluding carboxylic acids is 1. The van der Waals surface area contributed by atoms with Crippen LogP contribution in [0.15, 0.2) is 34.8 Å². The molecule has 0 amide bonds. The van der Waals surface area contributed by atoms with Crippen LogP contribution in [0.1, 0.15) is 15.9 Å². The summed E-state index contributed by atoms with van der Waals surface area (Å²) in [4.78, 5) is 12.5. The van der Waals surface area contributed by atoms with Gasteiger partial charge in [0, 0.05) is 6.07 Å². The van der Waals surface area contributed by atoms with Gasteiger partial charge in [-0.05, 0) is 46.6 Å². The number of hydrogen-bond donors (Lipinski definition) is 1. The zero-order valence-corrected chi connectivity index (χ0v) is 16.8. The molecule has 11 heteroatoms. The molecular formula is C20H9BrF7NO2. The van der Waals surface area contributed by atoms with E-state index in [4.69, 9.17) is 0 Å². The lowest BCUT2D eigenvalue weighted by atomic mass is 10.1. The summed E-state index contributed by atoms with van der Waals surface area (Å²) in [6.45, 7) is 1.57. The second-order valence-corrected chi connectivity index (χ2v) is 7.06. The molecule has 0 aliphatic rings. The van der Waals surface area contributed by atoms with E-state index in [0.29, 0.717) is 5.56 Å². The molecule has 3 nitrogen and oxygen atoms in total. The Morgan fingerprint density at radius 2 is 1.52 bits per heavy atom. The highest BCUT2D eigenvalue weighted by Crippen LogP contribution is 2.34. The third kappa shape index (κ3) is 4.36. The van der Waals surface area contributed by atoms with E-state index < -0.39 is 68.2 Å². The summed E-state index contributed by atoms with van der Waals surface area (Å²) in [5.41, 5.74) is -1.50. The second kappa shape index (κ2) is 8.58. The van der Waals surface area contributed by atoms with Crippen molar-refractivity contribution >= 4 is 33.3 Å². The Morgan fingerprint density at radius 3 is 2.16 bits per heavy atom. The van der Waals surface area contributed by atoms with Crippen LogP contribution in [-0.4, -0.2) is 5.97 Å². The van der Waals surface area contributed by atoms with Crippen molar-refractivity contribution in [1.29, 1.82) is 0 Å². The molecule has 0 aliphatic carbocycles. The fourth-order valence-corrected chi connectivity index (χ4v) is 2.92. The van der Waals surface area contributed by atoms with E-state index in [9.17, 15) is 35.5 Å². The van der Waals surface area contributed by atoms with Gasteiger partial charge in [0.05, 0.1) is 21.4 Å². The molecular weight excluding hydrogens is 499 g/mol. The number of esters is 1. The minimum atomic E-state index is -2.24. The number of hydrogen-bond acceptors (Lipinski definition) is 3. The number of aryl methyl sites for hydroxylation is 1. The van der Waals surface area contributed by atoms with Crippen LogP contribution in [0.5, 0.6) is 5.75 Å². The predicted molar refractivity (Wildman–Crippen MR) is 99.7 cm³/mol. The van der Waals surface area contributed by atoms with Crippen LogP contribution in [0.2, 0.25) is 0 Å². The van der Waals surface area contributed by atoms with Crippen molar-refractivity contribution in [2.75, 3.05) is 5.32 Å². The van der Waals surface area contributed by atoms with Gasteiger partial charge in [-0.1, -0.05) is 6.07 Å². The lowest BCUT2D eigenvalue weighted by Crippen LogP contribution is -2.15. The molecule has 0 radical (unpaired) electrons. The number of halogens is 8. The molecule has 3 rings (SSSR count). The monoisotopic (exact) mass is 507 g/mol. The molecule has 0 spiro atoms. The van der Waals surface area contributed by atoms with Crippen LogP contribution in [0, 0.1) is 47.6 Å². The first-order chi connectivity index (χ1) is 14.5. The Kier molecular flexibility index (Phi) is 6.25. The Hall–Kier alpha value is -3.08. The zero-order valence-electron chi connectivity index (χ0n) is 15.2. The fourth-order valence-electron chi connectivity index (χ4n) is 2.51. The van der Waals surface area contributed by atoms with E-state index in [1.807, 2.05) is 0 Å². The number of anilines is 2. The molecule has 0 aromatic heterocycles. The van der Waals surface area contributed by atoms with Gasteiger partial charge in [0.2, 0.25) is 11.6 Å². The average Bonchev–Trinajstić information content (AvgIpc) is 2.72. The molecule has 31 heavy (non-hydrogen) atoms. The van der Waals surface area contributed by atoms with E-state index in [-0.39, 0.29) is 11.8 Å². The largest absolute Gasteiger partial charge is 0.419 e. The minimum absolute atomic E-state index is 0.0628. The Balaban J connectivity index is 2.07. The molecule has 1 N–H and O–H groups in total. The fraction of sp³-hybridized carbons (Fsp3) is 0.0500. The standard InChI is InChI=1S/C20H9BrF7NO2/c1-7-2-3-12(10(22)4-7)29-19-8(5-9(21)14(24)18(19)28)20(30)31-13-6-11(23)15(25)17(27)16(13)26/h2-6,29H,1H3. The maximum absolute atomic E-state index is 14.5. The van der Waals surface area contributed by atoms with Gasteiger partial charge in [0.15, 0.2) is 29.0 Å². The third-order valence-corrected chi connectivity index (χ3v) is 4.62. The third-order valence-electron chi connectivity index (χ3n) is 4.04. The highest BCUT2D eigenvalue weighted by Gasteiger charge is 2.27. The summed E-state index contributed by atoms with van der Waals surface area (Å²) in [5, 5.41) is 2.20. The van der Waals surface area contributed by atoms with Gasteiger partial charge in [-0.25, -0.2) is 31.1 Å². The van der Waals surface area contributed by atoms with E-state index >= 15 is 0 Å². The predicted octanol–water partition coefficient (Wildman–Crippen LogP) is 6.69. The van der Waals surface area contributed by atoms with Crippen molar-refractivity contribution in [3.63, 3.8) is 0 Å². The maximum atomic E-state index is 14.5. The first-order valence-corrected chi connectivity index (χ1v) is 9.06. The molecule has 0 heterocycles. The van der Waals surface area contributed by atoms with Gasteiger partial charge in [-0.2, -0.15) is 4.39 Å². The van der Waals surface area contributed by atoms with Crippen molar-refractivity contribution in [3.05, 3.63) is 86.7 Å². The first kappa shape index (κ1) is 22.6. The quantitative estimate of drug-likeness (QED) is 0.140. The zero-order chi connectivity index (χ0) is 23.0. The molecule has 0 unspecified atom stereocenters. The summed E-state index contributed by atoms with van der Waals surface area (Å²) in [7, 11) is 0. The molecule has 3 aromatic rings. The van der Waals surface area contributed by atoms with Crippen LogP contribution in [0.25, 0.3) is 0 Å². The number of ether oxygens (including phenoxy) is 1. The van der Waals surface area contributed by atoms with Gasteiger partial charge in [0.25, 0.3) is 0 Å². The van der Waals surface area contributed by atoms with Crippen molar-refractivity contribution < 1.29 is 40.3 Å². The van der Waals surface area contributed by atoms with Gasteiger partial charge < -0.3 is 10.1 Å². The summed E-state index contributed by atoms with van der Waals surface area (Å²) >= 11 is 2.67. The van der Waals surface area contributed by atoms with Gasteiger partial charge in [0.1, 0.15) is 5.82 Å². The lowest BCUT2D eigenvalue weighted by molar-refractivity contribution is 0.0725. The summed E-state index contributed by atoms with van der Waals surface area (Å²) < 4.78 is 100. The van der Waals surface area contributed by atoms with Crippen molar-refractivity contribution in [2.45, 2.75) is 6.92 Å². The molecule has 0 saturated heterocycles. The van der Waals surface area contributed by atoms with Crippen molar-refractivity contribution in [1.82, 2.24) is 0 Å². The summed E-state index contributed by atoms with van der Waals surface area (Å²) in [5.74, 6) is -15.1. The number of nitrogens with one attached hydrogen (secondary N) is 1. The molecule has 0 atom stereocenters. The van der Waals surface area contributed by atoms with Crippen LogP contribution in [0.3, 0.4) is 0 Å². The molecule has 0 saturated carbocycles. The maximum Gasteiger partial charge on any atom is 0.345 e. The minimum Gasteiger partial charge on any atom is -0.419 e. The van der Waals surface area contributed by atoms with Gasteiger partial charge in [-0.3, -0.25) is 0 Å². The Labute approximate surface area is 178 Å². The first-order valence-electron chi connectivity index (χ1n) is 8.27. The second-order valence-electron chi connectivity index (χ2n) is 6.21. The van der Waals surface area contributed by atoms with Crippen molar-refractivity contribution in [2.24, 2.45) is 0 Å². The van der Waals surface area contributed by atoms with Crippen LogP contribution in [-0.2, 0) is 0 Å². The molecule has 3 aromatic carbocycles. The van der Waals surface area contributed by atoms with Crippen LogP contribution in [0.4, 0.5) is 42.1 Å². The average molecular weight is 508 g/mol. The van der Waals surface area contributed by atoms with E-state index in [0.717, 1.165) is 12.1 Å². The highest BCUT2D eigenvalue weighted by atomic mass is 79.9. The van der Waals surface area contributed by atoms with Gasteiger partial charge in [-0.15, -0.1) is 0 Å². The summed E-state index contributed by atoms with van der Waals surface area (Å²) in [6, 6.07) is 4.49. The molecule has 162 valence electrons. The van der Waals surface area contributed by atoms with E-state index in [1.165, 1.54) is 12.1 Å². The molecule has 0 aliphatic heterocycles. The topological polar surface area (TPSA) is 38.3 Å². The van der Waals surface area contributed by atoms with Gasteiger partial charge >= 0.3 is 5.97 Å². The number of rotatable bonds is 4. The number of benzene rings is 3. The lowest BCUT2D eigenvalue weighted by Gasteiger charge is -2.15.